The van der Waals surface area contributed by atoms with E-state index < -0.39 is 0 Å². The number of amides is 1. The third-order valence-electron chi connectivity index (χ3n) is 4.58. The number of aromatic amines is 1. The van der Waals surface area contributed by atoms with Crippen molar-refractivity contribution in [2.45, 2.75) is 19.3 Å². The summed E-state index contributed by atoms with van der Waals surface area (Å²) in [5.74, 6) is 2.18. The molecule has 1 aliphatic heterocycles. The molecule has 0 atom stereocenters. The zero-order valence-electron chi connectivity index (χ0n) is 15.1. The molecule has 0 bridgehead atoms. The maximum absolute atomic E-state index is 11.6. The normalized spacial score (nSPS) is 14.1. The Morgan fingerprint density at radius 2 is 2.22 bits per heavy atom. The highest BCUT2D eigenvalue weighted by Crippen LogP contribution is 2.23. The molecule has 3 aromatic rings. The number of imidazole rings is 1. The van der Waals surface area contributed by atoms with Gasteiger partial charge in [0.05, 0.1) is 7.11 Å². The van der Waals surface area contributed by atoms with E-state index in [2.05, 4.69) is 30.2 Å². The van der Waals surface area contributed by atoms with Gasteiger partial charge in [0.15, 0.2) is 11.5 Å². The number of rotatable bonds is 7. The number of pyridine rings is 1. The molecule has 2 N–H and O–H groups in total. The van der Waals surface area contributed by atoms with E-state index in [4.69, 9.17) is 4.74 Å². The van der Waals surface area contributed by atoms with Crippen molar-refractivity contribution in [1.82, 2.24) is 29.8 Å². The summed E-state index contributed by atoms with van der Waals surface area (Å²) in [5, 5.41) is 3.31. The van der Waals surface area contributed by atoms with E-state index in [1.807, 2.05) is 11.0 Å². The van der Waals surface area contributed by atoms with Crippen LogP contribution in [0.4, 0.5) is 5.82 Å². The van der Waals surface area contributed by atoms with Gasteiger partial charge in [-0.05, 0) is 18.9 Å². The molecular formula is C18H21N7O2. The van der Waals surface area contributed by atoms with Gasteiger partial charge in [0.1, 0.15) is 17.7 Å². The van der Waals surface area contributed by atoms with Crippen molar-refractivity contribution in [3.8, 4) is 17.3 Å². The van der Waals surface area contributed by atoms with E-state index in [0.29, 0.717) is 36.1 Å². The summed E-state index contributed by atoms with van der Waals surface area (Å²) in [7, 11) is 1.58. The second-order valence-corrected chi connectivity index (χ2v) is 6.36. The minimum atomic E-state index is 0.255. The first kappa shape index (κ1) is 17.2. The predicted molar refractivity (Wildman–Crippen MR) is 100 cm³/mol. The first-order valence-electron chi connectivity index (χ1n) is 8.97. The number of carbonyl (C=O) groups excluding carboxylic acids is 1. The summed E-state index contributed by atoms with van der Waals surface area (Å²) in [6, 6.07) is 3.67. The first-order chi connectivity index (χ1) is 13.2. The van der Waals surface area contributed by atoms with E-state index in [1.165, 1.54) is 6.33 Å². The van der Waals surface area contributed by atoms with Crippen LogP contribution < -0.4 is 10.1 Å². The molecule has 0 saturated carbocycles. The molecule has 1 fully saturated rings. The second-order valence-electron chi connectivity index (χ2n) is 6.36. The van der Waals surface area contributed by atoms with Gasteiger partial charge in [0.2, 0.25) is 11.8 Å². The third kappa shape index (κ3) is 3.67. The third-order valence-corrected chi connectivity index (χ3v) is 4.58. The molecular weight excluding hydrogens is 346 g/mol. The number of fused-ring (bicyclic) bond motifs is 1. The van der Waals surface area contributed by atoms with Gasteiger partial charge in [-0.15, -0.1) is 0 Å². The van der Waals surface area contributed by atoms with Gasteiger partial charge in [-0.25, -0.2) is 19.9 Å². The Labute approximate surface area is 156 Å². The summed E-state index contributed by atoms with van der Waals surface area (Å²) in [6.45, 7) is 2.36. The maximum Gasteiger partial charge on any atom is 0.222 e. The molecule has 0 radical (unpaired) electrons. The van der Waals surface area contributed by atoms with Crippen molar-refractivity contribution in [2.75, 3.05) is 32.1 Å². The highest BCUT2D eigenvalue weighted by Gasteiger charge is 2.19. The van der Waals surface area contributed by atoms with Crippen LogP contribution in [0.5, 0.6) is 5.88 Å². The van der Waals surface area contributed by atoms with E-state index in [1.54, 1.807) is 19.4 Å². The highest BCUT2D eigenvalue weighted by molar-refractivity contribution is 5.85. The lowest BCUT2D eigenvalue weighted by molar-refractivity contribution is -0.127. The van der Waals surface area contributed by atoms with Gasteiger partial charge in [0, 0.05) is 43.9 Å². The van der Waals surface area contributed by atoms with Crippen LogP contribution in [0, 0.1) is 0 Å². The van der Waals surface area contributed by atoms with Crippen LogP contribution in [0.2, 0.25) is 0 Å². The molecule has 9 nitrogen and oxygen atoms in total. The number of H-pyrrole nitrogens is 1. The van der Waals surface area contributed by atoms with Crippen molar-refractivity contribution >= 4 is 22.9 Å². The number of nitrogens with zero attached hydrogens (tertiary/aromatic N) is 5. The smallest absolute Gasteiger partial charge is 0.222 e. The number of aromatic nitrogens is 5. The number of anilines is 1. The quantitative estimate of drug-likeness (QED) is 0.613. The number of nitrogens with one attached hydrogen (secondary N) is 2. The number of carbonyl (C=O) groups is 1. The van der Waals surface area contributed by atoms with E-state index in [-0.39, 0.29) is 5.91 Å². The summed E-state index contributed by atoms with van der Waals surface area (Å²) in [4.78, 5) is 34.1. The molecule has 0 unspecified atom stereocenters. The lowest BCUT2D eigenvalue weighted by atomic mass is 10.3. The van der Waals surface area contributed by atoms with Gasteiger partial charge in [-0.2, -0.15) is 0 Å². The lowest BCUT2D eigenvalue weighted by Gasteiger charge is -2.15. The molecule has 4 heterocycles. The Kier molecular flexibility index (Phi) is 4.82. The Hall–Kier alpha value is -3.23. The van der Waals surface area contributed by atoms with Crippen LogP contribution in [0.1, 0.15) is 19.3 Å². The number of likely N-dealkylation sites (tertiary alicyclic amines) is 1. The fourth-order valence-electron chi connectivity index (χ4n) is 3.16. The number of methoxy groups -OCH3 is 1. The second kappa shape index (κ2) is 7.56. The molecule has 1 aliphatic rings. The van der Waals surface area contributed by atoms with Crippen LogP contribution in [-0.4, -0.2) is 62.5 Å². The zero-order chi connectivity index (χ0) is 18.6. The Bertz CT molecular complexity index is 939. The van der Waals surface area contributed by atoms with Crippen LogP contribution in [0.25, 0.3) is 22.6 Å². The fourth-order valence-corrected chi connectivity index (χ4v) is 3.16. The van der Waals surface area contributed by atoms with Crippen molar-refractivity contribution < 1.29 is 9.53 Å². The number of hydrogen-bond acceptors (Lipinski definition) is 7. The standard InChI is InChI=1S/C18H21N7O2/c1-27-13-6-5-12(10-20-13)16-23-15-17(21-11-22-18(15)24-16)19-7-3-9-25-8-2-4-14(25)26/h5-6,10-11H,2-4,7-9H2,1H3,(H2,19,21,22,23,24). The fraction of sp³-hybridized carbons (Fsp3) is 0.389. The Morgan fingerprint density at radius 1 is 1.30 bits per heavy atom. The van der Waals surface area contributed by atoms with Gasteiger partial charge >= 0.3 is 0 Å². The summed E-state index contributed by atoms with van der Waals surface area (Å²) >= 11 is 0. The van der Waals surface area contributed by atoms with Crippen molar-refractivity contribution in [1.29, 1.82) is 0 Å². The molecule has 27 heavy (non-hydrogen) atoms. The predicted octanol–water partition coefficient (Wildman–Crippen LogP) is 1.85. The molecule has 1 saturated heterocycles. The van der Waals surface area contributed by atoms with Crippen molar-refractivity contribution in [3.63, 3.8) is 0 Å². The Morgan fingerprint density at radius 3 is 2.96 bits per heavy atom. The van der Waals surface area contributed by atoms with Crippen LogP contribution in [-0.2, 0) is 4.79 Å². The molecule has 0 aromatic carbocycles. The highest BCUT2D eigenvalue weighted by atomic mass is 16.5. The van der Waals surface area contributed by atoms with E-state index in [0.717, 1.165) is 37.0 Å². The minimum absolute atomic E-state index is 0.255. The zero-order valence-corrected chi connectivity index (χ0v) is 15.1. The SMILES string of the molecule is COc1ccc(-c2nc3ncnc(NCCCN4CCCC4=O)c3[nH]2)cn1. The summed E-state index contributed by atoms with van der Waals surface area (Å²) < 4.78 is 5.08. The Balaban J connectivity index is 1.45. The molecule has 0 spiro atoms. The molecule has 3 aromatic heterocycles. The topological polar surface area (TPSA) is 109 Å². The van der Waals surface area contributed by atoms with Crippen LogP contribution >= 0.6 is 0 Å². The number of hydrogen-bond donors (Lipinski definition) is 2. The molecule has 9 heteroatoms. The summed E-state index contributed by atoms with van der Waals surface area (Å²) in [6.07, 6.45) is 5.70. The largest absolute Gasteiger partial charge is 0.481 e. The van der Waals surface area contributed by atoms with Crippen molar-refractivity contribution in [2.24, 2.45) is 0 Å². The first-order valence-corrected chi connectivity index (χ1v) is 8.97. The molecule has 4 rings (SSSR count). The van der Waals surface area contributed by atoms with E-state index in [9.17, 15) is 4.79 Å². The van der Waals surface area contributed by atoms with Crippen molar-refractivity contribution in [3.05, 3.63) is 24.7 Å². The van der Waals surface area contributed by atoms with Gasteiger partial charge in [0.25, 0.3) is 0 Å². The average Bonchev–Trinajstić information content (AvgIpc) is 3.32. The minimum Gasteiger partial charge on any atom is -0.481 e. The maximum atomic E-state index is 11.6. The van der Waals surface area contributed by atoms with E-state index >= 15 is 0 Å². The monoisotopic (exact) mass is 367 g/mol. The van der Waals surface area contributed by atoms with Gasteiger partial charge < -0.3 is 19.9 Å². The summed E-state index contributed by atoms with van der Waals surface area (Å²) in [5.41, 5.74) is 2.18. The molecule has 0 aliphatic carbocycles. The number of ether oxygens (including phenoxy) is 1. The molecule has 140 valence electrons. The van der Waals surface area contributed by atoms with Gasteiger partial charge in [-0.1, -0.05) is 0 Å². The van der Waals surface area contributed by atoms with Gasteiger partial charge in [-0.3, -0.25) is 4.79 Å². The lowest BCUT2D eigenvalue weighted by Crippen LogP contribution is -2.27. The van der Waals surface area contributed by atoms with Crippen LogP contribution in [0.3, 0.4) is 0 Å². The average molecular weight is 367 g/mol. The van der Waals surface area contributed by atoms with Crippen LogP contribution in [0.15, 0.2) is 24.7 Å². The molecule has 1 amide bonds.